The average Bonchev–Trinajstić information content (AvgIpc) is 2.57. The van der Waals surface area contributed by atoms with E-state index in [9.17, 15) is 4.79 Å². The highest BCUT2D eigenvalue weighted by molar-refractivity contribution is 5.81. The predicted molar refractivity (Wildman–Crippen MR) is 96.1 cm³/mol. The number of Topliss-reactive ketones (excluding diaryl/α,β-unsaturated/α-hetero) is 1. The van der Waals surface area contributed by atoms with E-state index in [-0.39, 0.29) is 5.92 Å². The number of hydrogen-bond acceptors (Lipinski definition) is 2. The third kappa shape index (κ3) is 6.01. The van der Waals surface area contributed by atoms with Crippen LogP contribution in [0.25, 0.3) is 0 Å². The van der Waals surface area contributed by atoms with E-state index in [1.54, 1.807) is 0 Å². The Bertz CT molecular complexity index is 463. The normalized spacial score (nSPS) is 21.4. The summed E-state index contributed by atoms with van der Waals surface area (Å²) < 4.78 is 5.84. The molecule has 0 heterocycles. The minimum Gasteiger partial charge on any atom is -0.494 e. The Morgan fingerprint density at radius 3 is 2.43 bits per heavy atom. The molecule has 0 N–H and O–H groups in total. The largest absolute Gasteiger partial charge is 0.494 e. The number of carbonyl (C=O) groups excluding carboxylic acids is 1. The second-order valence-electron chi connectivity index (χ2n) is 7.02. The SMILES string of the molecule is CCCCCCCCOc1ccc([C@@H]2CCC(=O)[C@H](C)C2)cc1. The summed E-state index contributed by atoms with van der Waals surface area (Å²) in [6.45, 7) is 5.13. The molecule has 1 aromatic rings. The molecule has 0 radical (unpaired) electrons. The van der Waals surface area contributed by atoms with Crippen LogP contribution in [0.3, 0.4) is 0 Å². The van der Waals surface area contributed by atoms with E-state index in [0.717, 1.165) is 38.0 Å². The van der Waals surface area contributed by atoms with Gasteiger partial charge in [0.05, 0.1) is 6.61 Å². The number of ketones is 1. The van der Waals surface area contributed by atoms with Crippen molar-refractivity contribution in [2.24, 2.45) is 5.92 Å². The van der Waals surface area contributed by atoms with Crippen molar-refractivity contribution in [2.45, 2.75) is 77.6 Å². The quantitative estimate of drug-likeness (QED) is 0.530. The first-order valence-electron chi connectivity index (χ1n) is 9.46. The maximum atomic E-state index is 11.6. The number of carbonyl (C=O) groups is 1. The van der Waals surface area contributed by atoms with Gasteiger partial charge in [0.15, 0.2) is 0 Å². The summed E-state index contributed by atoms with van der Waals surface area (Å²) in [6.07, 6.45) is 10.5. The van der Waals surface area contributed by atoms with Crippen LogP contribution in [0.2, 0.25) is 0 Å². The van der Waals surface area contributed by atoms with Crippen LogP contribution in [0, 0.1) is 5.92 Å². The third-order valence-electron chi connectivity index (χ3n) is 5.05. The van der Waals surface area contributed by atoms with Gasteiger partial charge in [0.25, 0.3) is 0 Å². The predicted octanol–water partition coefficient (Wildman–Crippen LogP) is 5.90. The Kier molecular flexibility index (Phi) is 7.64. The standard InChI is InChI=1S/C21H32O2/c1-3-4-5-6-7-8-15-23-20-12-9-18(10-13-20)19-11-14-21(22)17(2)16-19/h9-10,12-13,17,19H,3-8,11,14-16H2,1-2H3/t17-,19-/m1/s1. The van der Waals surface area contributed by atoms with Crippen LogP contribution in [0.15, 0.2) is 24.3 Å². The zero-order valence-electron chi connectivity index (χ0n) is 14.9. The molecule has 2 nitrogen and oxygen atoms in total. The molecule has 2 rings (SSSR count). The van der Waals surface area contributed by atoms with E-state index in [4.69, 9.17) is 4.74 Å². The van der Waals surface area contributed by atoms with E-state index in [2.05, 4.69) is 38.1 Å². The van der Waals surface area contributed by atoms with Crippen LogP contribution < -0.4 is 4.74 Å². The molecular weight excluding hydrogens is 284 g/mol. The summed E-state index contributed by atoms with van der Waals surface area (Å²) in [6, 6.07) is 8.55. The van der Waals surface area contributed by atoms with Gasteiger partial charge in [-0.15, -0.1) is 0 Å². The van der Waals surface area contributed by atoms with E-state index in [0.29, 0.717) is 11.7 Å². The van der Waals surface area contributed by atoms with Crippen molar-refractivity contribution in [1.82, 2.24) is 0 Å². The molecule has 1 saturated carbocycles. The van der Waals surface area contributed by atoms with Gasteiger partial charge < -0.3 is 4.74 Å². The van der Waals surface area contributed by atoms with Crippen LogP contribution in [-0.2, 0) is 4.79 Å². The molecule has 128 valence electrons. The van der Waals surface area contributed by atoms with Crippen molar-refractivity contribution in [3.05, 3.63) is 29.8 Å². The molecule has 0 bridgehead atoms. The smallest absolute Gasteiger partial charge is 0.135 e. The molecule has 1 fully saturated rings. The maximum Gasteiger partial charge on any atom is 0.135 e. The minimum absolute atomic E-state index is 0.220. The van der Waals surface area contributed by atoms with Crippen molar-refractivity contribution in [3.8, 4) is 5.75 Å². The van der Waals surface area contributed by atoms with E-state index >= 15 is 0 Å². The van der Waals surface area contributed by atoms with E-state index in [1.165, 1.54) is 37.7 Å². The molecule has 0 spiro atoms. The average molecular weight is 316 g/mol. The highest BCUT2D eigenvalue weighted by atomic mass is 16.5. The monoisotopic (exact) mass is 316 g/mol. The fourth-order valence-corrected chi connectivity index (χ4v) is 3.45. The van der Waals surface area contributed by atoms with Gasteiger partial charge in [-0.2, -0.15) is 0 Å². The minimum atomic E-state index is 0.220. The summed E-state index contributed by atoms with van der Waals surface area (Å²) >= 11 is 0. The van der Waals surface area contributed by atoms with Crippen molar-refractivity contribution < 1.29 is 9.53 Å². The fourth-order valence-electron chi connectivity index (χ4n) is 3.45. The number of hydrogen-bond donors (Lipinski definition) is 0. The lowest BCUT2D eigenvalue weighted by molar-refractivity contribution is -0.124. The van der Waals surface area contributed by atoms with Crippen LogP contribution in [-0.4, -0.2) is 12.4 Å². The molecule has 0 amide bonds. The highest BCUT2D eigenvalue weighted by Gasteiger charge is 2.26. The Balaban J connectivity index is 1.69. The van der Waals surface area contributed by atoms with Crippen LogP contribution in [0.1, 0.15) is 83.1 Å². The molecule has 23 heavy (non-hydrogen) atoms. The lowest BCUT2D eigenvalue weighted by atomic mass is 9.78. The Hall–Kier alpha value is -1.31. The van der Waals surface area contributed by atoms with Gasteiger partial charge in [-0.05, 0) is 42.9 Å². The second kappa shape index (κ2) is 9.75. The number of rotatable bonds is 9. The molecule has 2 atom stereocenters. The summed E-state index contributed by atoms with van der Waals surface area (Å²) in [4.78, 5) is 11.6. The zero-order valence-corrected chi connectivity index (χ0v) is 14.9. The van der Waals surface area contributed by atoms with Crippen molar-refractivity contribution in [1.29, 1.82) is 0 Å². The fraction of sp³-hybridized carbons (Fsp3) is 0.667. The summed E-state index contributed by atoms with van der Waals surface area (Å²) in [7, 11) is 0. The van der Waals surface area contributed by atoms with Gasteiger partial charge in [0.1, 0.15) is 11.5 Å². The zero-order chi connectivity index (χ0) is 16.5. The van der Waals surface area contributed by atoms with Crippen molar-refractivity contribution >= 4 is 5.78 Å². The highest BCUT2D eigenvalue weighted by Crippen LogP contribution is 2.34. The molecule has 1 aliphatic carbocycles. The van der Waals surface area contributed by atoms with E-state index < -0.39 is 0 Å². The van der Waals surface area contributed by atoms with Crippen molar-refractivity contribution in [2.75, 3.05) is 6.61 Å². The lowest BCUT2D eigenvalue weighted by Crippen LogP contribution is -2.21. The first-order chi connectivity index (χ1) is 11.2. The molecular formula is C21H32O2. The Labute approximate surface area is 141 Å². The van der Waals surface area contributed by atoms with Crippen LogP contribution >= 0.6 is 0 Å². The summed E-state index contributed by atoms with van der Waals surface area (Å²) in [5.41, 5.74) is 1.36. The first kappa shape index (κ1) is 18.0. The summed E-state index contributed by atoms with van der Waals surface area (Å²) in [5.74, 6) is 2.16. The van der Waals surface area contributed by atoms with Crippen LogP contribution in [0.4, 0.5) is 0 Å². The van der Waals surface area contributed by atoms with E-state index in [1.807, 2.05) is 0 Å². The van der Waals surface area contributed by atoms with Gasteiger partial charge in [-0.25, -0.2) is 0 Å². The topological polar surface area (TPSA) is 26.3 Å². The Morgan fingerprint density at radius 1 is 1.04 bits per heavy atom. The molecule has 1 aliphatic rings. The molecule has 0 unspecified atom stereocenters. The molecule has 0 aliphatic heterocycles. The van der Waals surface area contributed by atoms with Crippen LogP contribution in [0.5, 0.6) is 5.75 Å². The second-order valence-corrected chi connectivity index (χ2v) is 7.02. The number of unbranched alkanes of at least 4 members (excludes halogenated alkanes) is 5. The molecule has 0 saturated heterocycles. The van der Waals surface area contributed by atoms with Gasteiger partial charge in [-0.1, -0.05) is 58.1 Å². The van der Waals surface area contributed by atoms with Gasteiger partial charge in [-0.3, -0.25) is 4.79 Å². The maximum absolute atomic E-state index is 11.6. The summed E-state index contributed by atoms with van der Waals surface area (Å²) in [5, 5.41) is 0. The van der Waals surface area contributed by atoms with Gasteiger partial charge in [0, 0.05) is 12.3 Å². The molecule has 0 aromatic heterocycles. The third-order valence-corrected chi connectivity index (χ3v) is 5.05. The number of benzene rings is 1. The van der Waals surface area contributed by atoms with Gasteiger partial charge >= 0.3 is 0 Å². The molecule has 2 heteroatoms. The first-order valence-corrected chi connectivity index (χ1v) is 9.46. The van der Waals surface area contributed by atoms with Gasteiger partial charge in [0.2, 0.25) is 0 Å². The number of ether oxygens (including phenoxy) is 1. The molecule has 1 aromatic carbocycles. The Morgan fingerprint density at radius 2 is 1.74 bits per heavy atom. The van der Waals surface area contributed by atoms with Crippen molar-refractivity contribution in [3.63, 3.8) is 0 Å². The lowest BCUT2D eigenvalue weighted by Gasteiger charge is -2.26.